The van der Waals surface area contributed by atoms with Crippen molar-refractivity contribution in [2.45, 2.75) is 0 Å². The Morgan fingerprint density at radius 1 is 1.25 bits per heavy atom. The minimum Gasteiger partial charge on any atom is -0.459 e. The van der Waals surface area contributed by atoms with Crippen molar-refractivity contribution in [1.29, 1.82) is 0 Å². The van der Waals surface area contributed by atoms with Gasteiger partial charge in [-0.15, -0.1) is 0 Å². The van der Waals surface area contributed by atoms with Crippen molar-refractivity contribution in [2.24, 2.45) is 0 Å². The number of rotatable bonds is 2. The van der Waals surface area contributed by atoms with Gasteiger partial charge in [-0.05, 0) is 36.5 Å². The summed E-state index contributed by atoms with van der Waals surface area (Å²) in [5, 5.41) is 5.63. The molecule has 0 atom stereocenters. The maximum atomic E-state index is 11.8. The first-order valence-corrected chi connectivity index (χ1v) is 6.75. The van der Waals surface area contributed by atoms with Crippen LogP contribution in [0.2, 0.25) is 0 Å². The summed E-state index contributed by atoms with van der Waals surface area (Å²) in [6.07, 6.45) is 1.42. The predicted molar refractivity (Wildman–Crippen MR) is 79.8 cm³/mol. The molecule has 3 aromatic rings. The number of furan rings is 1. The molecule has 0 aliphatic carbocycles. The van der Waals surface area contributed by atoms with Gasteiger partial charge in [-0.2, -0.15) is 8.75 Å². The SMILES string of the molecule is O=C(NC(=S)Nc1cccc2nsnc12)c1ccco1. The molecule has 20 heavy (non-hydrogen) atoms. The van der Waals surface area contributed by atoms with E-state index < -0.39 is 5.91 Å². The van der Waals surface area contributed by atoms with Crippen LogP contribution in [-0.2, 0) is 0 Å². The zero-order chi connectivity index (χ0) is 13.9. The molecule has 0 bridgehead atoms. The minimum absolute atomic E-state index is 0.173. The highest BCUT2D eigenvalue weighted by atomic mass is 32.1. The number of nitrogens with one attached hydrogen (secondary N) is 2. The summed E-state index contributed by atoms with van der Waals surface area (Å²) in [5.74, 6) is -0.209. The Balaban J connectivity index is 1.73. The summed E-state index contributed by atoms with van der Waals surface area (Å²) in [6.45, 7) is 0. The molecule has 0 fully saturated rings. The Kier molecular flexibility index (Phi) is 3.40. The molecule has 0 aliphatic rings. The van der Waals surface area contributed by atoms with Crippen LogP contribution in [-0.4, -0.2) is 19.8 Å². The fraction of sp³-hybridized carbons (Fsp3) is 0. The van der Waals surface area contributed by atoms with Gasteiger partial charge in [-0.25, -0.2) is 0 Å². The third-order valence-electron chi connectivity index (χ3n) is 2.51. The zero-order valence-electron chi connectivity index (χ0n) is 9.99. The number of aromatic nitrogens is 2. The van der Waals surface area contributed by atoms with E-state index >= 15 is 0 Å². The lowest BCUT2D eigenvalue weighted by molar-refractivity contribution is 0.0950. The van der Waals surface area contributed by atoms with Crippen LogP contribution in [0.25, 0.3) is 11.0 Å². The average Bonchev–Trinajstić information content (AvgIpc) is 3.10. The molecular formula is C12H8N4O2S2. The van der Waals surface area contributed by atoms with E-state index in [0.29, 0.717) is 11.2 Å². The topological polar surface area (TPSA) is 80.0 Å². The van der Waals surface area contributed by atoms with Gasteiger partial charge in [0.1, 0.15) is 11.0 Å². The molecule has 0 saturated heterocycles. The lowest BCUT2D eigenvalue weighted by Gasteiger charge is -2.08. The first-order valence-electron chi connectivity index (χ1n) is 5.61. The summed E-state index contributed by atoms with van der Waals surface area (Å²) in [7, 11) is 0. The summed E-state index contributed by atoms with van der Waals surface area (Å²) < 4.78 is 13.3. The number of carbonyl (C=O) groups excluding carboxylic acids is 1. The number of nitrogens with zero attached hydrogens (tertiary/aromatic N) is 2. The molecule has 8 heteroatoms. The maximum absolute atomic E-state index is 11.8. The molecule has 0 saturated carbocycles. The maximum Gasteiger partial charge on any atom is 0.293 e. The van der Waals surface area contributed by atoms with Gasteiger partial charge in [0.25, 0.3) is 5.91 Å². The molecule has 2 aromatic heterocycles. The zero-order valence-corrected chi connectivity index (χ0v) is 11.6. The van der Waals surface area contributed by atoms with Crippen LogP contribution in [0.15, 0.2) is 41.0 Å². The molecule has 0 spiro atoms. The highest BCUT2D eigenvalue weighted by Gasteiger charge is 2.12. The largest absolute Gasteiger partial charge is 0.459 e. The smallest absolute Gasteiger partial charge is 0.293 e. The van der Waals surface area contributed by atoms with E-state index in [1.807, 2.05) is 18.2 Å². The Labute approximate surface area is 123 Å². The molecule has 2 heterocycles. The van der Waals surface area contributed by atoms with E-state index in [2.05, 4.69) is 19.4 Å². The average molecular weight is 304 g/mol. The van der Waals surface area contributed by atoms with Gasteiger partial charge in [-0.3, -0.25) is 10.1 Å². The Morgan fingerprint density at radius 2 is 2.15 bits per heavy atom. The third kappa shape index (κ3) is 2.51. The Hall–Kier alpha value is -2.32. The Morgan fingerprint density at radius 3 is 2.95 bits per heavy atom. The van der Waals surface area contributed by atoms with E-state index in [9.17, 15) is 4.79 Å². The fourth-order valence-electron chi connectivity index (χ4n) is 1.63. The summed E-state index contributed by atoms with van der Waals surface area (Å²) >= 11 is 6.21. The van der Waals surface area contributed by atoms with Crippen LogP contribution in [0.3, 0.4) is 0 Å². The van der Waals surface area contributed by atoms with Crippen LogP contribution in [0.5, 0.6) is 0 Å². The van der Waals surface area contributed by atoms with E-state index in [4.69, 9.17) is 16.6 Å². The number of hydrogen-bond donors (Lipinski definition) is 2. The molecule has 1 amide bonds. The molecule has 0 aliphatic heterocycles. The molecule has 3 rings (SSSR count). The van der Waals surface area contributed by atoms with Crippen LogP contribution >= 0.6 is 23.9 Å². The molecule has 2 N–H and O–H groups in total. The van der Waals surface area contributed by atoms with Crippen molar-refractivity contribution in [1.82, 2.24) is 14.1 Å². The molecule has 0 unspecified atom stereocenters. The number of fused-ring (bicyclic) bond motifs is 1. The van der Waals surface area contributed by atoms with E-state index in [0.717, 1.165) is 17.2 Å². The molecular weight excluding hydrogens is 296 g/mol. The van der Waals surface area contributed by atoms with Gasteiger partial charge in [0.05, 0.1) is 23.7 Å². The first kappa shape index (κ1) is 12.7. The lowest BCUT2D eigenvalue weighted by Crippen LogP contribution is -2.33. The Bertz CT molecular complexity index is 767. The van der Waals surface area contributed by atoms with Crippen molar-refractivity contribution in [3.63, 3.8) is 0 Å². The van der Waals surface area contributed by atoms with Crippen molar-refractivity contribution >= 4 is 51.7 Å². The highest BCUT2D eigenvalue weighted by Crippen LogP contribution is 2.20. The lowest BCUT2D eigenvalue weighted by atomic mass is 10.2. The minimum atomic E-state index is -0.406. The van der Waals surface area contributed by atoms with Crippen molar-refractivity contribution < 1.29 is 9.21 Å². The second-order valence-electron chi connectivity index (χ2n) is 3.82. The number of anilines is 1. The van der Waals surface area contributed by atoms with Crippen molar-refractivity contribution in [2.75, 3.05) is 5.32 Å². The normalized spacial score (nSPS) is 10.4. The standard InChI is InChI=1S/C12H8N4O2S2/c17-11(9-5-2-6-18-9)14-12(19)13-7-3-1-4-8-10(7)16-20-15-8/h1-6H,(H2,13,14,17,19). The summed E-state index contributed by atoms with van der Waals surface area (Å²) in [5.41, 5.74) is 2.19. The number of carbonyl (C=O) groups is 1. The highest BCUT2D eigenvalue weighted by molar-refractivity contribution is 7.80. The van der Waals surface area contributed by atoms with Crippen LogP contribution in [0.1, 0.15) is 10.6 Å². The molecule has 100 valence electrons. The van der Waals surface area contributed by atoms with Gasteiger partial charge in [-0.1, -0.05) is 6.07 Å². The summed E-state index contributed by atoms with van der Waals surface area (Å²) in [4.78, 5) is 11.8. The number of amides is 1. The van der Waals surface area contributed by atoms with Crippen LogP contribution in [0, 0.1) is 0 Å². The van der Waals surface area contributed by atoms with E-state index in [1.54, 1.807) is 12.1 Å². The number of thiocarbonyl (C=S) groups is 1. The van der Waals surface area contributed by atoms with Gasteiger partial charge in [0, 0.05) is 0 Å². The monoisotopic (exact) mass is 304 g/mol. The van der Waals surface area contributed by atoms with Crippen molar-refractivity contribution in [3.8, 4) is 0 Å². The molecule has 6 nitrogen and oxygen atoms in total. The second-order valence-corrected chi connectivity index (χ2v) is 4.76. The number of hydrogen-bond acceptors (Lipinski definition) is 6. The molecule has 1 aromatic carbocycles. The van der Waals surface area contributed by atoms with Gasteiger partial charge in [0.15, 0.2) is 10.9 Å². The predicted octanol–water partition coefficient (Wildman–Crippen LogP) is 2.41. The van der Waals surface area contributed by atoms with E-state index in [-0.39, 0.29) is 10.9 Å². The first-order chi connectivity index (χ1) is 9.74. The molecule has 0 radical (unpaired) electrons. The van der Waals surface area contributed by atoms with Gasteiger partial charge >= 0.3 is 0 Å². The quantitative estimate of drug-likeness (QED) is 0.708. The van der Waals surface area contributed by atoms with Gasteiger partial charge < -0.3 is 9.73 Å². The van der Waals surface area contributed by atoms with E-state index in [1.165, 1.54) is 6.26 Å². The fourth-order valence-corrected chi connectivity index (χ4v) is 2.39. The van der Waals surface area contributed by atoms with Crippen LogP contribution in [0.4, 0.5) is 5.69 Å². The third-order valence-corrected chi connectivity index (χ3v) is 3.25. The second kappa shape index (κ2) is 5.35. The van der Waals surface area contributed by atoms with Gasteiger partial charge in [0.2, 0.25) is 0 Å². The van der Waals surface area contributed by atoms with Crippen LogP contribution < -0.4 is 10.6 Å². The summed E-state index contributed by atoms with van der Waals surface area (Å²) in [6, 6.07) is 8.70. The van der Waals surface area contributed by atoms with Crippen molar-refractivity contribution in [3.05, 3.63) is 42.4 Å². The number of benzene rings is 1.